The second-order valence-electron chi connectivity index (χ2n) is 5.30. The molecule has 0 saturated carbocycles. The van der Waals surface area contributed by atoms with Crippen molar-refractivity contribution in [2.24, 2.45) is 0 Å². The second kappa shape index (κ2) is 4.35. The third-order valence-electron chi connectivity index (χ3n) is 3.77. The average Bonchev–Trinajstić information content (AvgIpc) is 2.97. The summed E-state index contributed by atoms with van der Waals surface area (Å²) in [5.41, 5.74) is 1.42. The third-order valence-corrected chi connectivity index (χ3v) is 3.77. The number of fused-ring (bicyclic) bond motifs is 1. The lowest BCUT2D eigenvalue weighted by Crippen LogP contribution is -2.38. The summed E-state index contributed by atoms with van der Waals surface area (Å²) in [6, 6.07) is 4.12. The van der Waals surface area contributed by atoms with E-state index in [2.05, 4.69) is 24.4 Å². The summed E-state index contributed by atoms with van der Waals surface area (Å²) in [4.78, 5) is 0. The molecule has 0 aromatic heterocycles. The van der Waals surface area contributed by atoms with Gasteiger partial charge in [0.05, 0.1) is 7.11 Å². The van der Waals surface area contributed by atoms with Crippen molar-refractivity contribution in [2.75, 3.05) is 20.4 Å². The highest BCUT2D eigenvalue weighted by molar-refractivity contribution is 5.55. The Morgan fingerprint density at radius 3 is 3.00 bits per heavy atom. The third kappa shape index (κ3) is 2.01. The minimum atomic E-state index is 0.193. The first-order valence-electron chi connectivity index (χ1n) is 6.42. The van der Waals surface area contributed by atoms with Crippen LogP contribution in [0.3, 0.4) is 0 Å². The molecule has 4 nitrogen and oxygen atoms in total. The number of hydrogen-bond acceptors (Lipinski definition) is 4. The van der Waals surface area contributed by atoms with Crippen molar-refractivity contribution in [3.05, 3.63) is 17.7 Å². The molecule has 98 valence electrons. The van der Waals surface area contributed by atoms with E-state index >= 15 is 0 Å². The Bertz CT molecular complexity index is 453. The van der Waals surface area contributed by atoms with Gasteiger partial charge >= 0.3 is 0 Å². The fourth-order valence-corrected chi connectivity index (χ4v) is 2.84. The molecule has 1 unspecified atom stereocenters. The summed E-state index contributed by atoms with van der Waals surface area (Å²) >= 11 is 0. The normalized spacial score (nSPS) is 25.4. The number of ether oxygens (including phenoxy) is 3. The second-order valence-corrected chi connectivity index (χ2v) is 5.30. The minimum Gasteiger partial charge on any atom is -0.493 e. The molecule has 1 N–H and O–H groups in total. The summed E-state index contributed by atoms with van der Waals surface area (Å²) in [5.74, 6) is 2.29. The van der Waals surface area contributed by atoms with Crippen LogP contribution in [-0.2, 0) is 6.42 Å². The van der Waals surface area contributed by atoms with Crippen molar-refractivity contribution in [3.63, 3.8) is 0 Å². The van der Waals surface area contributed by atoms with Crippen LogP contribution in [0.4, 0.5) is 0 Å². The van der Waals surface area contributed by atoms with Crippen molar-refractivity contribution < 1.29 is 14.2 Å². The van der Waals surface area contributed by atoms with Crippen molar-refractivity contribution in [2.45, 2.75) is 31.7 Å². The van der Waals surface area contributed by atoms with Crippen LogP contribution in [-0.4, -0.2) is 26.0 Å². The van der Waals surface area contributed by atoms with E-state index in [1.54, 1.807) is 7.11 Å². The molecule has 2 aliphatic rings. The molecule has 1 aromatic carbocycles. The molecule has 1 saturated heterocycles. The van der Waals surface area contributed by atoms with E-state index < -0.39 is 0 Å². The first-order valence-corrected chi connectivity index (χ1v) is 6.42. The maximum absolute atomic E-state index is 5.46. The van der Waals surface area contributed by atoms with E-state index in [-0.39, 0.29) is 12.3 Å². The van der Waals surface area contributed by atoms with Crippen LogP contribution in [0.2, 0.25) is 0 Å². The Morgan fingerprint density at radius 2 is 2.28 bits per heavy atom. The van der Waals surface area contributed by atoms with Gasteiger partial charge in [-0.1, -0.05) is 0 Å². The van der Waals surface area contributed by atoms with Gasteiger partial charge in [0.15, 0.2) is 11.5 Å². The predicted molar refractivity (Wildman–Crippen MR) is 68.5 cm³/mol. The zero-order valence-electron chi connectivity index (χ0n) is 10.9. The lowest BCUT2D eigenvalue weighted by atomic mass is 9.91. The van der Waals surface area contributed by atoms with Gasteiger partial charge in [-0.05, 0) is 50.4 Å². The van der Waals surface area contributed by atoms with E-state index in [1.165, 1.54) is 18.4 Å². The van der Waals surface area contributed by atoms with E-state index in [9.17, 15) is 0 Å². The molecule has 1 atom stereocenters. The monoisotopic (exact) mass is 249 g/mol. The zero-order valence-corrected chi connectivity index (χ0v) is 10.9. The maximum atomic E-state index is 5.46. The van der Waals surface area contributed by atoms with Gasteiger partial charge in [0.1, 0.15) is 0 Å². The molecule has 18 heavy (non-hydrogen) atoms. The van der Waals surface area contributed by atoms with E-state index in [1.807, 2.05) is 0 Å². The number of benzene rings is 1. The topological polar surface area (TPSA) is 39.7 Å². The van der Waals surface area contributed by atoms with Crippen molar-refractivity contribution in [3.8, 4) is 17.2 Å². The fourth-order valence-electron chi connectivity index (χ4n) is 2.84. The van der Waals surface area contributed by atoms with Crippen LogP contribution in [0.5, 0.6) is 17.2 Å². The van der Waals surface area contributed by atoms with E-state index in [4.69, 9.17) is 14.2 Å². The number of nitrogens with one attached hydrogen (secondary N) is 1. The molecular formula is C14H19NO3. The SMILES string of the molecule is COc1cc(CC2(C)CCCN2)cc2c1OCO2. The Hall–Kier alpha value is -1.42. The van der Waals surface area contributed by atoms with Crippen LogP contribution in [0.1, 0.15) is 25.3 Å². The summed E-state index contributed by atoms with van der Waals surface area (Å²) < 4.78 is 16.2. The predicted octanol–water partition coefficient (Wildman–Crippen LogP) is 2.11. The molecule has 2 aliphatic heterocycles. The molecule has 0 amide bonds. The highest BCUT2D eigenvalue weighted by atomic mass is 16.7. The quantitative estimate of drug-likeness (QED) is 0.890. The maximum Gasteiger partial charge on any atom is 0.231 e. The van der Waals surface area contributed by atoms with Gasteiger partial charge in [0.25, 0.3) is 0 Å². The van der Waals surface area contributed by atoms with Gasteiger partial charge in [0, 0.05) is 5.54 Å². The summed E-state index contributed by atoms with van der Waals surface area (Å²) in [7, 11) is 1.66. The molecule has 0 radical (unpaired) electrons. The number of rotatable bonds is 3. The molecule has 4 heteroatoms. The Morgan fingerprint density at radius 1 is 1.39 bits per heavy atom. The number of hydrogen-bond donors (Lipinski definition) is 1. The van der Waals surface area contributed by atoms with Gasteiger partial charge in [0.2, 0.25) is 12.5 Å². The largest absolute Gasteiger partial charge is 0.493 e. The molecule has 0 spiro atoms. The van der Waals surface area contributed by atoms with Gasteiger partial charge in [-0.2, -0.15) is 0 Å². The fraction of sp³-hybridized carbons (Fsp3) is 0.571. The van der Waals surface area contributed by atoms with Crippen LogP contribution >= 0.6 is 0 Å². The van der Waals surface area contributed by atoms with Crippen LogP contribution in [0, 0.1) is 0 Å². The summed E-state index contributed by atoms with van der Waals surface area (Å²) in [6.45, 7) is 3.67. The molecule has 0 bridgehead atoms. The van der Waals surface area contributed by atoms with Gasteiger partial charge in [-0.3, -0.25) is 0 Å². The molecule has 1 fully saturated rings. The first kappa shape index (κ1) is 11.7. The highest BCUT2D eigenvalue weighted by Crippen LogP contribution is 2.42. The van der Waals surface area contributed by atoms with Crippen molar-refractivity contribution in [1.29, 1.82) is 0 Å². The Kier molecular flexibility index (Phi) is 2.82. The molecular weight excluding hydrogens is 230 g/mol. The minimum absolute atomic E-state index is 0.193. The smallest absolute Gasteiger partial charge is 0.231 e. The number of methoxy groups -OCH3 is 1. The first-order chi connectivity index (χ1) is 8.70. The van der Waals surface area contributed by atoms with Crippen LogP contribution < -0.4 is 19.5 Å². The average molecular weight is 249 g/mol. The van der Waals surface area contributed by atoms with Gasteiger partial charge in [-0.25, -0.2) is 0 Å². The van der Waals surface area contributed by atoms with Crippen LogP contribution in [0.25, 0.3) is 0 Å². The lowest BCUT2D eigenvalue weighted by molar-refractivity contribution is 0.171. The van der Waals surface area contributed by atoms with Gasteiger partial charge < -0.3 is 19.5 Å². The summed E-state index contributed by atoms with van der Waals surface area (Å²) in [6.07, 6.45) is 3.45. The van der Waals surface area contributed by atoms with Crippen molar-refractivity contribution in [1.82, 2.24) is 5.32 Å². The standard InChI is InChI=1S/C14H19NO3/c1-14(4-3-5-15-14)8-10-6-11(16-2)13-12(7-10)17-9-18-13/h6-7,15H,3-5,8-9H2,1-2H3. The molecule has 1 aromatic rings. The van der Waals surface area contributed by atoms with E-state index in [0.29, 0.717) is 0 Å². The Balaban J connectivity index is 1.88. The van der Waals surface area contributed by atoms with Gasteiger partial charge in [-0.15, -0.1) is 0 Å². The highest BCUT2D eigenvalue weighted by Gasteiger charge is 2.29. The van der Waals surface area contributed by atoms with E-state index in [0.717, 1.165) is 30.2 Å². The Labute approximate surface area is 107 Å². The molecule has 2 heterocycles. The summed E-state index contributed by atoms with van der Waals surface area (Å²) in [5, 5.41) is 3.57. The van der Waals surface area contributed by atoms with Crippen LogP contribution in [0.15, 0.2) is 12.1 Å². The molecule has 0 aliphatic carbocycles. The zero-order chi connectivity index (χ0) is 12.6. The lowest BCUT2D eigenvalue weighted by Gasteiger charge is -2.24. The van der Waals surface area contributed by atoms with Crippen molar-refractivity contribution >= 4 is 0 Å². The molecule has 3 rings (SSSR count).